The molecule has 0 saturated heterocycles. The Labute approximate surface area is 193 Å². The first-order valence-electron chi connectivity index (χ1n) is 10.7. The second-order valence-corrected chi connectivity index (χ2v) is 7.74. The van der Waals surface area contributed by atoms with Crippen LogP contribution in [0.15, 0.2) is 77.3 Å². The van der Waals surface area contributed by atoms with Crippen LogP contribution in [0.25, 0.3) is 22.3 Å². The Morgan fingerprint density at radius 2 is 1.39 bits per heavy atom. The van der Waals surface area contributed by atoms with Crippen LogP contribution in [0.2, 0.25) is 0 Å². The van der Waals surface area contributed by atoms with Crippen LogP contribution in [0.4, 0.5) is 0 Å². The monoisotopic (exact) mass is 442 g/mol. The number of carbonyl (C=O) groups is 1. The molecule has 0 aliphatic rings. The number of rotatable bonds is 7. The summed E-state index contributed by atoms with van der Waals surface area (Å²) in [4.78, 5) is 12.8. The Balaban J connectivity index is 1.79. The van der Waals surface area contributed by atoms with Crippen LogP contribution in [0.3, 0.4) is 0 Å². The van der Waals surface area contributed by atoms with E-state index in [0.29, 0.717) is 5.76 Å². The lowest BCUT2D eigenvalue weighted by Crippen LogP contribution is -2.27. The van der Waals surface area contributed by atoms with Gasteiger partial charge in [0.15, 0.2) is 5.69 Å². The predicted octanol–water partition coefficient (Wildman–Crippen LogP) is 5.83. The van der Waals surface area contributed by atoms with Crippen molar-refractivity contribution in [1.82, 2.24) is 10.5 Å². The van der Waals surface area contributed by atoms with Gasteiger partial charge in [0, 0.05) is 6.07 Å². The maximum atomic E-state index is 12.8. The molecule has 33 heavy (non-hydrogen) atoms. The molecular formula is C27H26N2O4. The Morgan fingerprint density at radius 1 is 0.879 bits per heavy atom. The topological polar surface area (TPSA) is 73.6 Å². The first-order chi connectivity index (χ1) is 16.0. The van der Waals surface area contributed by atoms with Crippen molar-refractivity contribution in [2.45, 2.75) is 19.9 Å². The SMILES string of the molecule is COc1ccc(-c2cccc(-c3ccc(OC)cc3)c2[C@H](C)NC(=O)c2cc(C)on2)cc1. The van der Waals surface area contributed by atoms with Gasteiger partial charge in [-0.3, -0.25) is 4.79 Å². The number of ether oxygens (including phenoxy) is 2. The maximum absolute atomic E-state index is 12.8. The zero-order valence-corrected chi connectivity index (χ0v) is 19.1. The lowest BCUT2D eigenvalue weighted by atomic mass is 9.88. The minimum absolute atomic E-state index is 0.257. The Hall–Kier alpha value is -4.06. The van der Waals surface area contributed by atoms with Gasteiger partial charge in [-0.2, -0.15) is 0 Å². The molecule has 1 atom stereocenters. The van der Waals surface area contributed by atoms with Gasteiger partial charge in [-0.15, -0.1) is 0 Å². The van der Waals surface area contributed by atoms with E-state index in [2.05, 4.69) is 22.6 Å². The molecule has 0 saturated carbocycles. The second kappa shape index (κ2) is 9.61. The first kappa shape index (κ1) is 22.1. The highest BCUT2D eigenvalue weighted by Gasteiger charge is 2.21. The second-order valence-electron chi connectivity index (χ2n) is 7.74. The zero-order chi connectivity index (χ0) is 23.4. The van der Waals surface area contributed by atoms with Gasteiger partial charge in [0.1, 0.15) is 17.3 Å². The fourth-order valence-electron chi connectivity index (χ4n) is 3.89. The van der Waals surface area contributed by atoms with E-state index in [0.717, 1.165) is 39.3 Å². The molecule has 0 aliphatic heterocycles. The number of carbonyl (C=O) groups excluding carboxylic acids is 1. The largest absolute Gasteiger partial charge is 0.497 e. The van der Waals surface area contributed by atoms with Crippen LogP contribution in [-0.4, -0.2) is 25.3 Å². The van der Waals surface area contributed by atoms with Gasteiger partial charge in [0.25, 0.3) is 5.91 Å². The molecule has 1 amide bonds. The first-order valence-corrected chi connectivity index (χ1v) is 10.7. The van der Waals surface area contributed by atoms with E-state index >= 15 is 0 Å². The van der Waals surface area contributed by atoms with E-state index in [-0.39, 0.29) is 17.6 Å². The molecule has 1 heterocycles. The average molecular weight is 443 g/mol. The van der Waals surface area contributed by atoms with E-state index in [4.69, 9.17) is 14.0 Å². The van der Waals surface area contributed by atoms with Gasteiger partial charge >= 0.3 is 0 Å². The summed E-state index contributed by atoms with van der Waals surface area (Å²) >= 11 is 0. The minimum atomic E-state index is -0.301. The fraction of sp³-hybridized carbons (Fsp3) is 0.185. The van der Waals surface area contributed by atoms with E-state index in [1.165, 1.54) is 0 Å². The van der Waals surface area contributed by atoms with Crippen molar-refractivity contribution in [2.24, 2.45) is 0 Å². The molecular weight excluding hydrogens is 416 g/mol. The third-order valence-corrected chi connectivity index (χ3v) is 5.55. The van der Waals surface area contributed by atoms with Crippen molar-refractivity contribution >= 4 is 5.91 Å². The van der Waals surface area contributed by atoms with Gasteiger partial charge in [-0.05, 0) is 65.9 Å². The highest BCUT2D eigenvalue weighted by atomic mass is 16.5. The molecule has 0 unspecified atom stereocenters. The predicted molar refractivity (Wildman–Crippen MR) is 128 cm³/mol. The molecule has 1 N–H and O–H groups in total. The molecule has 1 aromatic heterocycles. The van der Waals surface area contributed by atoms with E-state index in [1.807, 2.05) is 61.5 Å². The molecule has 168 valence electrons. The molecule has 3 aromatic carbocycles. The maximum Gasteiger partial charge on any atom is 0.273 e. The molecule has 6 heteroatoms. The Kier molecular flexibility index (Phi) is 6.45. The van der Waals surface area contributed by atoms with Gasteiger partial charge < -0.3 is 19.3 Å². The van der Waals surface area contributed by atoms with Gasteiger partial charge in [0.05, 0.1) is 20.3 Å². The van der Waals surface area contributed by atoms with Crippen molar-refractivity contribution in [3.8, 4) is 33.8 Å². The highest BCUT2D eigenvalue weighted by molar-refractivity contribution is 5.93. The summed E-state index contributed by atoms with van der Waals surface area (Å²) < 4.78 is 15.7. The fourth-order valence-corrected chi connectivity index (χ4v) is 3.89. The Morgan fingerprint density at radius 3 is 1.82 bits per heavy atom. The molecule has 0 fully saturated rings. The molecule has 4 rings (SSSR count). The van der Waals surface area contributed by atoms with Crippen LogP contribution in [0.1, 0.15) is 34.8 Å². The molecule has 0 radical (unpaired) electrons. The van der Waals surface area contributed by atoms with Crippen LogP contribution < -0.4 is 14.8 Å². The highest BCUT2D eigenvalue weighted by Crippen LogP contribution is 2.37. The Bertz CT molecular complexity index is 1180. The molecule has 4 aromatic rings. The number of aryl methyl sites for hydroxylation is 1. The third-order valence-electron chi connectivity index (χ3n) is 5.55. The third kappa shape index (κ3) is 4.75. The molecule has 0 aliphatic carbocycles. The van der Waals surface area contributed by atoms with Crippen LogP contribution in [0.5, 0.6) is 11.5 Å². The minimum Gasteiger partial charge on any atom is -0.497 e. The quantitative estimate of drug-likeness (QED) is 0.390. The van der Waals surface area contributed by atoms with Crippen molar-refractivity contribution in [3.63, 3.8) is 0 Å². The van der Waals surface area contributed by atoms with Gasteiger partial charge in [0.2, 0.25) is 0 Å². The average Bonchev–Trinajstić information content (AvgIpc) is 3.30. The van der Waals surface area contributed by atoms with E-state index in [9.17, 15) is 4.79 Å². The summed E-state index contributed by atoms with van der Waals surface area (Å²) in [5.41, 5.74) is 5.36. The van der Waals surface area contributed by atoms with E-state index in [1.54, 1.807) is 27.2 Å². The van der Waals surface area contributed by atoms with Crippen LogP contribution in [0, 0.1) is 6.92 Å². The normalized spacial score (nSPS) is 11.6. The van der Waals surface area contributed by atoms with Crippen molar-refractivity contribution in [3.05, 3.63) is 89.8 Å². The number of benzene rings is 3. The molecule has 0 bridgehead atoms. The number of amides is 1. The number of nitrogens with one attached hydrogen (secondary N) is 1. The van der Waals surface area contributed by atoms with Crippen molar-refractivity contribution in [1.29, 1.82) is 0 Å². The number of hydrogen-bond acceptors (Lipinski definition) is 5. The summed E-state index contributed by atoms with van der Waals surface area (Å²) in [5, 5.41) is 6.93. The summed E-state index contributed by atoms with van der Waals surface area (Å²) in [6.07, 6.45) is 0. The number of hydrogen-bond donors (Lipinski definition) is 1. The standard InChI is InChI=1S/C27H26N2O4/c1-17-16-25(29-33-17)27(30)28-18(2)26-23(19-8-12-21(31-3)13-9-19)6-5-7-24(26)20-10-14-22(32-4)15-11-20/h5-16,18H,1-4H3,(H,28,30)/t18-/m0/s1. The van der Waals surface area contributed by atoms with Crippen LogP contribution in [-0.2, 0) is 0 Å². The zero-order valence-electron chi connectivity index (χ0n) is 19.1. The summed E-state index contributed by atoms with van der Waals surface area (Å²) in [5.74, 6) is 1.87. The summed E-state index contributed by atoms with van der Waals surface area (Å²) in [6, 6.07) is 23.3. The molecule has 6 nitrogen and oxygen atoms in total. The van der Waals surface area contributed by atoms with Gasteiger partial charge in [-0.25, -0.2) is 0 Å². The lowest BCUT2D eigenvalue weighted by molar-refractivity contribution is 0.0931. The van der Waals surface area contributed by atoms with Crippen LogP contribution >= 0.6 is 0 Å². The summed E-state index contributed by atoms with van der Waals surface area (Å²) in [6.45, 7) is 3.73. The number of methoxy groups -OCH3 is 2. The van der Waals surface area contributed by atoms with Gasteiger partial charge in [-0.1, -0.05) is 47.6 Å². The smallest absolute Gasteiger partial charge is 0.273 e. The van der Waals surface area contributed by atoms with E-state index < -0.39 is 0 Å². The number of aromatic nitrogens is 1. The lowest BCUT2D eigenvalue weighted by Gasteiger charge is -2.22. The molecule has 0 spiro atoms. The van der Waals surface area contributed by atoms with Crippen molar-refractivity contribution < 1.29 is 18.8 Å². The summed E-state index contributed by atoms with van der Waals surface area (Å²) in [7, 11) is 3.29. The van der Waals surface area contributed by atoms with Crippen molar-refractivity contribution in [2.75, 3.05) is 14.2 Å². The number of nitrogens with zero attached hydrogens (tertiary/aromatic N) is 1.